The van der Waals surface area contributed by atoms with Crippen molar-refractivity contribution in [2.75, 3.05) is 10.6 Å². The molecule has 11 heteroatoms. The van der Waals surface area contributed by atoms with Gasteiger partial charge >= 0.3 is 23.8 Å². The SMILES string of the molecule is O=C(Nc1ccc(-c2ccc(C(=O)O)c3ccccc23)cc1F)c1nnc(Nc2ccc(F)c(F)c2)o1. The van der Waals surface area contributed by atoms with Gasteiger partial charge in [-0.05, 0) is 52.2 Å². The van der Waals surface area contributed by atoms with E-state index in [2.05, 4.69) is 20.8 Å². The first kappa shape index (κ1) is 23.5. The molecule has 4 aromatic carbocycles. The highest BCUT2D eigenvalue weighted by Gasteiger charge is 2.18. The van der Waals surface area contributed by atoms with Crippen LogP contribution in [-0.2, 0) is 0 Å². The van der Waals surface area contributed by atoms with Crippen LogP contribution in [0.5, 0.6) is 0 Å². The summed E-state index contributed by atoms with van der Waals surface area (Å²) in [6.07, 6.45) is 0. The summed E-state index contributed by atoms with van der Waals surface area (Å²) in [6.45, 7) is 0. The second-order valence-corrected chi connectivity index (χ2v) is 7.83. The quantitative estimate of drug-likeness (QED) is 0.260. The van der Waals surface area contributed by atoms with E-state index in [-0.39, 0.29) is 23.0 Å². The summed E-state index contributed by atoms with van der Waals surface area (Å²) in [5.41, 5.74) is 1.16. The molecule has 0 unspecified atom stereocenters. The Labute approximate surface area is 206 Å². The molecule has 0 fully saturated rings. The first-order valence-corrected chi connectivity index (χ1v) is 10.7. The molecule has 0 aliphatic carbocycles. The lowest BCUT2D eigenvalue weighted by molar-refractivity contribution is 0.0698. The van der Waals surface area contributed by atoms with Crippen LogP contribution < -0.4 is 10.6 Å². The number of carbonyl (C=O) groups is 2. The number of nitrogens with one attached hydrogen (secondary N) is 2. The van der Waals surface area contributed by atoms with Gasteiger partial charge in [0.15, 0.2) is 11.6 Å². The lowest BCUT2D eigenvalue weighted by atomic mass is 9.95. The molecule has 3 N–H and O–H groups in total. The molecule has 0 spiro atoms. The number of carboxylic acids is 1. The van der Waals surface area contributed by atoms with Crippen molar-refractivity contribution in [2.24, 2.45) is 0 Å². The molecule has 0 aliphatic heterocycles. The molecule has 0 aliphatic rings. The predicted octanol–water partition coefficient (Wildman–Crippen LogP) is 6.00. The summed E-state index contributed by atoms with van der Waals surface area (Å²) in [6, 6.07) is 16.8. The maximum Gasteiger partial charge on any atom is 0.336 e. The van der Waals surface area contributed by atoms with Crippen LogP contribution in [0.25, 0.3) is 21.9 Å². The van der Waals surface area contributed by atoms with Crippen LogP contribution in [0.2, 0.25) is 0 Å². The Morgan fingerprint density at radius 2 is 1.59 bits per heavy atom. The molecule has 1 aromatic heterocycles. The third-order valence-electron chi connectivity index (χ3n) is 5.47. The summed E-state index contributed by atoms with van der Waals surface area (Å²) in [5.74, 6) is -5.34. The van der Waals surface area contributed by atoms with Gasteiger partial charge in [-0.2, -0.15) is 0 Å². The molecule has 0 saturated carbocycles. The number of hydrogen-bond acceptors (Lipinski definition) is 6. The Balaban J connectivity index is 1.35. The summed E-state index contributed by atoms with van der Waals surface area (Å²) >= 11 is 0. The van der Waals surface area contributed by atoms with Gasteiger partial charge < -0.3 is 20.2 Å². The smallest absolute Gasteiger partial charge is 0.336 e. The highest BCUT2D eigenvalue weighted by Crippen LogP contribution is 2.33. The minimum absolute atomic E-state index is 0.111. The molecule has 1 amide bonds. The van der Waals surface area contributed by atoms with Crippen LogP contribution in [0, 0.1) is 17.5 Å². The third-order valence-corrected chi connectivity index (χ3v) is 5.47. The minimum atomic E-state index is -1.09. The van der Waals surface area contributed by atoms with E-state index in [9.17, 15) is 27.9 Å². The van der Waals surface area contributed by atoms with Gasteiger partial charge in [-0.3, -0.25) is 4.79 Å². The van der Waals surface area contributed by atoms with Crippen molar-refractivity contribution in [3.8, 4) is 11.1 Å². The monoisotopic (exact) mass is 504 g/mol. The van der Waals surface area contributed by atoms with Crippen molar-refractivity contribution >= 4 is 40.0 Å². The molecule has 5 aromatic rings. The summed E-state index contributed by atoms with van der Waals surface area (Å²) < 4.78 is 46.5. The van der Waals surface area contributed by atoms with Gasteiger partial charge in [-0.1, -0.05) is 41.5 Å². The van der Waals surface area contributed by atoms with Crippen LogP contribution in [0.3, 0.4) is 0 Å². The molecule has 8 nitrogen and oxygen atoms in total. The summed E-state index contributed by atoms with van der Waals surface area (Å²) in [7, 11) is 0. The first-order chi connectivity index (χ1) is 17.8. The largest absolute Gasteiger partial charge is 0.478 e. The summed E-state index contributed by atoms with van der Waals surface area (Å²) in [5, 5.41) is 22.6. The Morgan fingerprint density at radius 3 is 2.32 bits per heavy atom. The molecular formula is C26H15F3N4O4. The number of amides is 1. The lowest BCUT2D eigenvalue weighted by Gasteiger charge is -2.11. The van der Waals surface area contributed by atoms with E-state index in [0.717, 1.165) is 12.1 Å². The molecule has 37 heavy (non-hydrogen) atoms. The van der Waals surface area contributed by atoms with Gasteiger partial charge in [-0.15, -0.1) is 5.10 Å². The molecule has 0 atom stereocenters. The fourth-order valence-electron chi connectivity index (χ4n) is 3.76. The number of aromatic nitrogens is 2. The third kappa shape index (κ3) is 4.69. The van der Waals surface area contributed by atoms with E-state index < -0.39 is 35.2 Å². The van der Waals surface area contributed by atoms with Crippen molar-refractivity contribution in [3.05, 3.63) is 102 Å². The van der Waals surface area contributed by atoms with E-state index in [0.29, 0.717) is 21.9 Å². The molecule has 0 saturated heterocycles. The van der Waals surface area contributed by atoms with Crippen LogP contribution >= 0.6 is 0 Å². The van der Waals surface area contributed by atoms with Crippen LogP contribution in [-0.4, -0.2) is 27.2 Å². The average Bonchev–Trinajstić information content (AvgIpc) is 3.35. The maximum absolute atomic E-state index is 14.9. The number of aromatic carboxylic acids is 1. The van der Waals surface area contributed by atoms with Crippen molar-refractivity contribution in [1.82, 2.24) is 10.2 Å². The van der Waals surface area contributed by atoms with Gasteiger partial charge in [0.25, 0.3) is 0 Å². The van der Waals surface area contributed by atoms with Crippen LogP contribution in [0.4, 0.5) is 30.6 Å². The zero-order valence-corrected chi connectivity index (χ0v) is 18.6. The summed E-state index contributed by atoms with van der Waals surface area (Å²) in [4.78, 5) is 24.0. The number of carboxylic acid groups (broad SMARTS) is 1. The highest BCUT2D eigenvalue weighted by atomic mass is 19.2. The topological polar surface area (TPSA) is 117 Å². The second-order valence-electron chi connectivity index (χ2n) is 7.83. The van der Waals surface area contributed by atoms with E-state index in [1.807, 2.05) is 0 Å². The minimum Gasteiger partial charge on any atom is -0.478 e. The van der Waals surface area contributed by atoms with E-state index >= 15 is 0 Å². The molecule has 5 rings (SSSR count). The van der Waals surface area contributed by atoms with Crippen molar-refractivity contribution < 1.29 is 32.3 Å². The van der Waals surface area contributed by atoms with Gasteiger partial charge in [0.05, 0.1) is 11.3 Å². The van der Waals surface area contributed by atoms with Crippen molar-refractivity contribution in [2.45, 2.75) is 0 Å². The average molecular weight is 504 g/mol. The lowest BCUT2D eigenvalue weighted by Crippen LogP contribution is -2.13. The Hall–Kier alpha value is -5.19. The van der Waals surface area contributed by atoms with Gasteiger partial charge in [0.1, 0.15) is 5.82 Å². The fraction of sp³-hybridized carbons (Fsp3) is 0. The van der Waals surface area contributed by atoms with Gasteiger partial charge in [-0.25, -0.2) is 18.0 Å². The zero-order chi connectivity index (χ0) is 26.1. The van der Waals surface area contributed by atoms with Crippen molar-refractivity contribution in [1.29, 1.82) is 0 Å². The molecule has 1 heterocycles. The zero-order valence-electron chi connectivity index (χ0n) is 18.6. The van der Waals surface area contributed by atoms with Crippen LogP contribution in [0.1, 0.15) is 21.0 Å². The second kappa shape index (κ2) is 9.46. The van der Waals surface area contributed by atoms with Gasteiger partial charge in [0, 0.05) is 11.8 Å². The number of rotatable bonds is 6. The number of carbonyl (C=O) groups excluding carboxylic acids is 1. The molecule has 0 bridgehead atoms. The molecular weight excluding hydrogens is 489 g/mol. The number of fused-ring (bicyclic) bond motifs is 1. The maximum atomic E-state index is 14.9. The standard InChI is InChI=1S/C26H15F3N4O4/c27-19-9-6-14(12-20(19)28)30-26-33-32-24(37-26)23(34)31-22-10-5-13(11-21(22)29)15-7-8-18(25(35)36)17-4-2-1-3-16(15)17/h1-12H,(H,30,33)(H,31,34)(H,35,36). The fourth-order valence-corrected chi connectivity index (χ4v) is 3.76. The Bertz CT molecular complexity index is 1690. The first-order valence-electron chi connectivity index (χ1n) is 10.7. The van der Waals surface area contributed by atoms with Crippen molar-refractivity contribution in [3.63, 3.8) is 0 Å². The van der Waals surface area contributed by atoms with E-state index in [1.165, 1.54) is 24.3 Å². The van der Waals surface area contributed by atoms with Gasteiger partial charge in [0.2, 0.25) is 0 Å². The number of benzene rings is 4. The van der Waals surface area contributed by atoms with E-state index in [4.69, 9.17) is 4.42 Å². The predicted molar refractivity (Wildman–Crippen MR) is 128 cm³/mol. The Morgan fingerprint density at radius 1 is 0.811 bits per heavy atom. The number of nitrogens with zero attached hydrogens (tertiary/aromatic N) is 2. The normalized spacial score (nSPS) is 10.9. The molecule has 0 radical (unpaired) electrons. The van der Waals surface area contributed by atoms with E-state index in [1.54, 1.807) is 36.4 Å². The van der Waals surface area contributed by atoms with Crippen LogP contribution in [0.15, 0.2) is 77.2 Å². The number of anilines is 3. The number of hydrogen-bond donors (Lipinski definition) is 3. The number of halogens is 3. The Kier molecular flexibility index (Phi) is 6.02. The highest BCUT2D eigenvalue weighted by molar-refractivity contribution is 6.08. The molecule has 184 valence electrons.